The molecule has 0 aliphatic carbocycles. The number of nitrogens with one attached hydrogen (secondary N) is 1. The number of nitro benzene ring substituents is 1. The van der Waals surface area contributed by atoms with Crippen LogP contribution in [0, 0.1) is 15.9 Å². The Morgan fingerprint density at radius 2 is 2.35 bits per heavy atom. The lowest BCUT2D eigenvalue weighted by Gasteiger charge is -2.26. The Balaban J connectivity index is 1.96. The number of nitro groups is 1. The standard InChI is InChI=1S/C13H17FN2O4/c1-9-13(17,2-3-20-9)8-15-7-10-4-11(14)6-12(5-10)16(18)19/h4-6,9,15,17H,2-3,7-8H2,1H3. The van der Waals surface area contributed by atoms with Gasteiger partial charge in [-0.05, 0) is 18.6 Å². The molecule has 20 heavy (non-hydrogen) atoms. The van der Waals surface area contributed by atoms with Gasteiger partial charge < -0.3 is 15.2 Å². The van der Waals surface area contributed by atoms with Crippen molar-refractivity contribution in [3.8, 4) is 0 Å². The summed E-state index contributed by atoms with van der Waals surface area (Å²) in [5.74, 6) is -0.646. The molecule has 7 heteroatoms. The number of non-ortho nitro benzene ring substituents is 1. The van der Waals surface area contributed by atoms with E-state index < -0.39 is 16.3 Å². The lowest BCUT2D eigenvalue weighted by Crippen LogP contribution is -2.45. The topological polar surface area (TPSA) is 84.6 Å². The molecule has 1 saturated heterocycles. The molecule has 0 saturated carbocycles. The molecule has 1 heterocycles. The van der Waals surface area contributed by atoms with Gasteiger partial charge in [0.15, 0.2) is 0 Å². The summed E-state index contributed by atoms with van der Waals surface area (Å²) in [6.07, 6.45) is 0.265. The Bertz CT molecular complexity index is 511. The Labute approximate surface area is 115 Å². The summed E-state index contributed by atoms with van der Waals surface area (Å²) in [6, 6.07) is 3.43. The van der Waals surface area contributed by atoms with Crippen molar-refractivity contribution >= 4 is 5.69 Å². The number of halogens is 1. The molecule has 1 aromatic rings. The summed E-state index contributed by atoms with van der Waals surface area (Å²) in [6.45, 7) is 2.83. The van der Waals surface area contributed by atoms with E-state index >= 15 is 0 Å². The van der Waals surface area contributed by atoms with Crippen LogP contribution in [0.15, 0.2) is 18.2 Å². The van der Waals surface area contributed by atoms with Crippen molar-refractivity contribution in [2.75, 3.05) is 13.2 Å². The molecule has 0 radical (unpaired) electrons. The third kappa shape index (κ3) is 3.30. The Morgan fingerprint density at radius 3 is 2.95 bits per heavy atom. The number of rotatable bonds is 5. The van der Waals surface area contributed by atoms with Crippen molar-refractivity contribution in [3.05, 3.63) is 39.7 Å². The van der Waals surface area contributed by atoms with Crippen molar-refractivity contribution in [2.24, 2.45) is 0 Å². The zero-order valence-electron chi connectivity index (χ0n) is 11.1. The maximum Gasteiger partial charge on any atom is 0.272 e. The van der Waals surface area contributed by atoms with Gasteiger partial charge in [0.25, 0.3) is 5.69 Å². The molecule has 2 unspecified atom stereocenters. The van der Waals surface area contributed by atoms with E-state index in [9.17, 15) is 19.6 Å². The van der Waals surface area contributed by atoms with Crippen LogP contribution < -0.4 is 5.32 Å². The molecule has 6 nitrogen and oxygen atoms in total. The van der Waals surface area contributed by atoms with Gasteiger partial charge in [0.05, 0.1) is 17.1 Å². The average molecular weight is 284 g/mol. The smallest absolute Gasteiger partial charge is 0.272 e. The first kappa shape index (κ1) is 14.8. The Morgan fingerprint density at radius 1 is 1.60 bits per heavy atom. The van der Waals surface area contributed by atoms with Gasteiger partial charge in [-0.2, -0.15) is 0 Å². The monoisotopic (exact) mass is 284 g/mol. The molecule has 2 rings (SSSR count). The minimum absolute atomic E-state index is 0.244. The van der Waals surface area contributed by atoms with Crippen molar-refractivity contribution in [2.45, 2.75) is 31.6 Å². The van der Waals surface area contributed by atoms with Gasteiger partial charge in [0.1, 0.15) is 11.4 Å². The molecular weight excluding hydrogens is 267 g/mol. The molecule has 1 aliphatic rings. The van der Waals surface area contributed by atoms with Crippen LogP contribution in [-0.2, 0) is 11.3 Å². The second-order valence-electron chi connectivity index (χ2n) is 5.04. The molecule has 1 aromatic carbocycles. The maximum atomic E-state index is 13.3. The van der Waals surface area contributed by atoms with Gasteiger partial charge in [-0.25, -0.2) is 4.39 Å². The van der Waals surface area contributed by atoms with Crippen LogP contribution in [0.3, 0.4) is 0 Å². The van der Waals surface area contributed by atoms with Crippen LogP contribution in [0.4, 0.5) is 10.1 Å². The molecule has 0 aromatic heterocycles. The summed E-state index contributed by atoms with van der Waals surface area (Å²) in [7, 11) is 0. The normalized spacial score (nSPS) is 25.9. The first-order valence-corrected chi connectivity index (χ1v) is 6.39. The molecule has 0 amide bonds. The van der Waals surface area contributed by atoms with Gasteiger partial charge in [-0.1, -0.05) is 0 Å². The second kappa shape index (κ2) is 5.82. The largest absolute Gasteiger partial charge is 0.386 e. The predicted molar refractivity (Wildman–Crippen MR) is 69.7 cm³/mol. The molecule has 1 aliphatic heterocycles. The summed E-state index contributed by atoms with van der Waals surface area (Å²) in [5, 5.41) is 23.9. The third-order valence-electron chi connectivity index (χ3n) is 3.57. The van der Waals surface area contributed by atoms with Crippen LogP contribution in [0.5, 0.6) is 0 Å². The van der Waals surface area contributed by atoms with Crippen molar-refractivity contribution in [3.63, 3.8) is 0 Å². The zero-order chi connectivity index (χ0) is 14.8. The Kier molecular flexibility index (Phi) is 4.32. The minimum atomic E-state index is -0.945. The number of hydrogen-bond donors (Lipinski definition) is 2. The van der Waals surface area contributed by atoms with Gasteiger partial charge in [0.2, 0.25) is 0 Å². The number of benzene rings is 1. The van der Waals surface area contributed by atoms with E-state index in [-0.39, 0.29) is 18.3 Å². The second-order valence-corrected chi connectivity index (χ2v) is 5.04. The fourth-order valence-electron chi connectivity index (χ4n) is 2.27. The number of aliphatic hydroxyl groups is 1. The van der Waals surface area contributed by atoms with Crippen molar-refractivity contribution < 1.29 is 19.2 Å². The predicted octanol–water partition coefficient (Wildman–Crippen LogP) is 1.36. The van der Waals surface area contributed by atoms with Crippen LogP contribution in [-0.4, -0.2) is 34.9 Å². The van der Waals surface area contributed by atoms with E-state index in [0.29, 0.717) is 25.1 Å². The highest BCUT2D eigenvalue weighted by Crippen LogP contribution is 2.25. The highest BCUT2D eigenvalue weighted by atomic mass is 19.1. The van der Waals surface area contributed by atoms with Crippen molar-refractivity contribution in [1.82, 2.24) is 5.32 Å². The summed E-state index contributed by atoms with van der Waals surface area (Å²) < 4.78 is 18.6. The molecule has 1 fully saturated rings. The fourth-order valence-corrected chi connectivity index (χ4v) is 2.27. The number of nitrogens with zero attached hydrogens (tertiary/aromatic N) is 1. The van der Waals surface area contributed by atoms with E-state index in [1.807, 2.05) is 0 Å². The van der Waals surface area contributed by atoms with E-state index in [0.717, 1.165) is 6.07 Å². The van der Waals surface area contributed by atoms with E-state index in [2.05, 4.69) is 5.32 Å². The number of ether oxygens (including phenoxy) is 1. The Hall–Kier alpha value is -1.57. The average Bonchev–Trinajstić information content (AvgIpc) is 2.69. The third-order valence-corrected chi connectivity index (χ3v) is 3.57. The van der Waals surface area contributed by atoms with E-state index in [1.165, 1.54) is 12.1 Å². The highest BCUT2D eigenvalue weighted by Gasteiger charge is 2.38. The van der Waals surface area contributed by atoms with Gasteiger partial charge in [-0.15, -0.1) is 0 Å². The summed E-state index contributed by atoms with van der Waals surface area (Å²) >= 11 is 0. The molecule has 2 N–H and O–H groups in total. The lowest BCUT2D eigenvalue weighted by atomic mass is 9.96. The van der Waals surface area contributed by atoms with Gasteiger partial charge in [-0.3, -0.25) is 10.1 Å². The fraction of sp³-hybridized carbons (Fsp3) is 0.538. The van der Waals surface area contributed by atoms with Crippen LogP contribution in [0.25, 0.3) is 0 Å². The maximum absolute atomic E-state index is 13.3. The van der Waals surface area contributed by atoms with Gasteiger partial charge >= 0.3 is 0 Å². The zero-order valence-corrected chi connectivity index (χ0v) is 11.1. The lowest BCUT2D eigenvalue weighted by molar-refractivity contribution is -0.385. The minimum Gasteiger partial charge on any atom is -0.386 e. The molecule has 110 valence electrons. The van der Waals surface area contributed by atoms with Crippen LogP contribution >= 0.6 is 0 Å². The SMILES string of the molecule is CC1OCCC1(O)CNCc1cc(F)cc([N+](=O)[O-])c1. The quantitative estimate of drug-likeness (QED) is 0.630. The van der Waals surface area contributed by atoms with Crippen molar-refractivity contribution in [1.29, 1.82) is 0 Å². The molecule has 2 atom stereocenters. The first-order chi connectivity index (χ1) is 9.40. The first-order valence-electron chi connectivity index (χ1n) is 6.39. The van der Waals surface area contributed by atoms with Crippen LogP contribution in [0.1, 0.15) is 18.9 Å². The van der Waals surface area contributed by atoms with E-state index in [1.54, 1.807) is 6.92 Å². The number of hydrogen-bond acceptors (Lipinski definition) is 5. The molecule has 0 spiro atoms. The summed E-state index contributed by atoms with van der Waals surface area (Å²) in [5.41, 5.74) is -0.760. The van der Waals surface area contributed by atoms with Crippen LogP contribution in [0.2, 0.25) is 0 Å². The molecule has 0 bridgehead atoms. The van der Waals surface area contributed by atoms with E-state index in [4.69, 9.17) is 4.74 Å². The molecular formula is C13H17FN2O4. The highest BCUT2D eigenvalue weighted by molar-refractivity contribution is 5.35. The summed E-state index contributed by atoms with van der Waals surface area (Å²) in [4.78, 5) is 10.0. The van der Waals surface area contributed by atoms with Gasteiger partial charge in [0, 0.05) is 32.2 Å².